The van der Waals surface area contributed by atoms with Gasteiger partial charge in [-0.05, 0) is 18.1 Å². The minimum Gasteiger partial charge on any atom is -0.477 e. The van der Waals surface area contributed by atoms with Gasteiger partial charge in [-0.25, -0.2) is 19.3 Å². The first kappa shape index (κ1) is 29.5. The lowest BCUT2D eigenvalue weighted by molar-refractivity contribution is -0.151. The summed E-state index contributed by atoms with van der Waals surface area (Å²) in [4.78, 5) is 79.0. The largest absolute Gasteiger partial charge is 0.477 e. The number of β-lactam (4-membered cyclic amide) rings is 1. The molecular weight excluding hydrogens is 607 g/mol. The van der Waals surface area contributed by atoms with E-state index in [0.29, 0.717) is 27.0 Å². The summed E-state index contributed by atoms with van der Waals surface area (Å²) in [6, 6.07) is 4.31. The number of nitrogens with zero attached hydrogens (tertiary/aromatic N) is 5. The van der Waals surface area contributed by atoms with Crippen LogP contribution >= 0.6 is 34.9 Å². The second-order valence-corrected chi connectivity index (χ2v) is 12.9. The molecule has 3 atom stereocenters. The molecule has 1 unspecified atom stereocenters. The lowest BCUT2D eigenvalue weighted by atomic mass is 10.0. The minimum atomic E-state index is -1.27. The first-order chi connectivity index (χ1) is 20.1. The summed E-state index contributed by atoms with van der Waals surface area (Å²) in [6.07, 6.45) is 0. The van der Waals surface area contributed by atoms with Gasteiger partial charge in [0, 0.05) is 25.0 Å². The minimum absolute atomic E-state index is 0.0360. The quantitative estimate of drug-likeness (QED) is 0.283. The Labute approximate surface area is 251 Å². The van der Waals surface area contributed by atoms with Crippen LogP contribution in [0.4, 0.5) is 9.59 Å². The van der Waals surface area contributed by atoms with Gasteiger partial charge in [-0.3, -0.25) is 24.2 Å². The smallest absolute Gasteiger partial charge is 0.352 e. The number of carboxylic acids is 1. The fourth-order valence-corrected chi connectivity index (χ4v) is 7.98. The maximum Gasteiger partial charge on any atom is 0.352 e. The van der Waals surface area contributed by atoms with Gasteiger partial charge in [-0.15, -0.1) is 22.0 Å². The molecule has 220 valence electrons. The third-order valence-corrected chi connectivity index (χ3v) is 10.1. The van der Waals surface area contributed by atoms with Gasteiger partial charge in [0.1, 0.15) is 28.2 Å². The number of amides is 7. The summed E-state index contributed by atoms with van der Waals surface area (Å²) >= 11 is 4.06. The normalized spacial score (nSPS) is 20.7. The standard InChI is InChI=1S/C25H25N7O7S3/c1-12-28-29-24(42-12)41-11-15-10-40-21-17(20(35)32(21)18(15)22(36)37)26-19(34)16(14-6-4-3-5-7-14)27-23(38)31-9-8-30(13(2)33)25(31)39/h3-7,16-17,21H,8-11H2,1-2H3,(H,26,34)(H,27,38)(H,36,37)/t16-,17?,21-/m1/s1. The molecule has 3 aliphatic rings. The highest BCUT2D eigenvalue weighted by Crippen LogP contribution is 2.42. The van der Waals surface area contributed by atoms with Crippen molar-refractivity contribution in [3.05, 3.63) is 52.2 Å². The number of urea groups is 2. The van der Waals surface area contributed by atoms with Crippen molar-refractivity contribution in [2.45, 2.75) is 35.6 Å². The van der Waals surface area contributed by atoms with Gasteiger partial charge in [0.25, 0.3) is 5.91 Å². The number of carboxylic acid groups (broad SMARTS) is 1. The Morgan fingerprint density at radius 1 is 1.12 bits per heavy atom. The van der Waals surface area contributed by atoms with E-state index >= 15 is 0 Å². The molecule has 4 heterocycles. The molecule has 0 bridgehead atoms. The lowest BCUT2D eigenvalue weighted by Gasteiger charge is -2.49. The van der Waals surface area contributed by atoms with Gasteiger partial charge in [0.2, 0.25) is 11.8 Å². The Kier molecular flexibility index (Phi) is 8.51. The number of hydrogen-bond acceptors (Lipinski definition) is 11. The van der Waals surface area contributed by atoms with Crippen LogP contribution in [-0.2, 0) is 19.2 Å². The number of benzene rings is 1. The monoisotopic (exact) mass is 631 g/mol. The predicted molar refractivity (Wildman–Crippen MR) is 152 cm³/mol. The van der Waals surface area contributed by atoms with Crippen LogP contribution in [0.5, 0.6) is 0 Å². The number of aliphatic carboxylic acids is 1. The number of rotatable bonds is 8. The fourth-order valence-electron chi connectivity index (χ4n) is 4.68. The average molecular weight is 632 g/mol. The Balaban J connectivity index is 1.30. The van der Waals surface area contributed by atoms with Crippen LogP contribution in [0, 0.1) is 6.92 Å². The van der Waals surface area contributed by atoms with Gasteiger partial charge in [-0.1, -0.05) is 53.4 Å². The van der Waals surface area contributed by atoms with Crippen LogP contribution in [0.15, 0.2) is 45.9 Å². The number of imide groups is 2. The van der Waals surface area contributed by atoms with E-state index in [1.807, 2.05) is 6.92 Å². The molecule has 17 heteroatoms. The van der Waals surface area contributed by atoms with Crippen LogP contribution in [0.3, 0.4) is 0 Å². The Hall–Kier alpha value is -3.96. The summed E-state index contributed by atoms with van der Waals surface area (Å²) in [5.41, 5.74) is 0.846. The number of carbonyl (C=O) groups excluding carboxylic acids is 5. The molecule has 5 rings (SSSR count). The highest BCUT2D eigenvalue weighted by atomic mass is 32.2. The van der Waals surface area contributed by atoms with Gasteiger partial charge >= 0.3 is 18.0 Å². The van der Waals surface area contributed by atoms with Crippen molar-refractivity contribution in [1.29, 1.82) is 0 Å². The maximum atomic E-state index is 13.5. The Morgan fingerprint density at radius 2 is 1.83 bits per heavy atom. The fraction of sp³-hybridized carbons (Fsp3) is 0.360. The molecule has 7 amide bonds. The molecule has 1 aromatic carbocycles. The molecule has 1 aromatic heterocycles. The summed E-state index contributed by atoms with van der Waals surface area (Å²) < 4.78 is 0.690. The van der Waals surface area contributed by atoms with Crippen LogP contribution in [0.2, 0.25) is 0 Å². The summed E-state index contributed by atoms with van der Waals surface area (Å²) in [7, 11) is 0. The first-order valence-corrected chi connectivity index (χ1v) is 15.5. The van der Waals surface area contributed by atoms with Crippen molar-refractivity contribution in [1.82, 2.24) is 35.5 Å². The van der Waals surface area contributed by atoms with Crippen molar-refractivity contribution in [3.8, 4) is 0 Å². The van der Waals surface area contributed by atoms with Crippen molar-refractivity contribution >= 4 is 70.6 Å². The number of aromatic nitrogens is 2. The molecular formula is C25H25N7O7S3. The van der Waals surface area contributed by atoms with E-state index in [9.17, 15) is 33.9 Å². The molecule has 2 aromatic rings. The summed E-state index contributed by atoms with van der Waals surface area (Å²) in [5, 5.41) is 23.3. The van der Waals surface area contributed by atoms with Crippen LogP contribution in [0.1, 0.15) is 23.5 Å². The zero-order chi connectivity index (χ0) is 30.1. The predicted octanol–water partition coefficient (Wildman–Crippen LogP) is 1.41. The SMILES string of the molecule is CC(=O)N1CCN(C(=O)N[C@@H](C(=O)NC2C(=O)N3C(C(=O)O)=C(CSc4nnc(C)s4)CS[C@H]23)c2ccccc2)C1=O. The Bertz CT molecular complexity index is 1500. The molecule has 42 heavy (non-hydrogen) atoms. The van der Waals surface area contributed by atoms with Crippen LogP contribution < -0.4 is 10.6 Å². The van der Waals surface area contributed by atoms with Gasteiger partial charge in [0.05, 0.1) is 6.54 Å². The molecule has 2 saturated heterocycles. The second-order valence-electron chi connectivity index (χ2n) is 9.43. The van der Waals surface area contributed by atoms with E-state index in [4.69, 9.17) is 0 Å². The molecule has 3 aliphatic heterocycles. The molecule has 14 nitrogen and oxygen atoms in total. The molecule has 0 saturated carbocycles. The average Bonchev–Trinajstić information content (AvgIpc) is 3.57. The van der Waals surface area contributed by atoms with E-state index in [1.165, 1.54) is 46.7 Å². The summed E-state index contributed by atoms with van der Waals surface area (Å²) in [5.74, 6) is -2.40. The van der Waals surface area contributed by atoms with Crippen molar-refractivity contribution in [3.63, 3.8) is 0 Å². The van der Waals surface area contributed by atoms with E-state index in [0.717, 1.165) is 14.8 Å². The van der Waals surface area contributed by atoms with Crippen LogP contribution in [0.25, 0.3) is 0 Å². The van der Waals surface area contributed by atoms with Crippen molar-refractivity contribution < 1.29 is 33.9 Å². The topological polar surface area (TPSA) is 182 Å². The number of nitrogens with one attached hydrogen (secondary N) is 2. The van der Waals surface area contributed by atoms with E-state index in [2.05, 4.69) is 20.8 Å². The zero-order valence-corrected chi connectivity index (χ0v) is 24.8. The molecule has 0 radical (unpaired) electrons. The van der Waals surface area contributed by atoms with Gasteiger partial charge in [0.15, 0.2) is 4.34 Å². The van der Waals surface area contributed by atoms with Crippen LogP contribution in [-0.4, -0.2) is 102 Å². The second kappa shape index (κ2) is 12.1. The molecule has 2 fully saturated rings. The zero-order valence-electron chi connectivity index (χ0n) is 22.3. The number of aryl methyl sites for hydroxylation is 1. The van der Waals surface area contributed by atoms with Gasteiger partial charge < -0.3 is 15.7 Å². The molecule has 0 spiro atoms. The molecule has 0 aliphatic carbocycles. The number of fused-ring (bicyclic) bond motifs is 1. The van der Waals surface area contributed by atoms with E-state index < -0.39 is 53.2 Å². The number of hydrogen-bond donors (Lipinski definition) is 3. The van der Waals surface area contributed by atoms with Crippen molar-refractivity contribution in [2.24, 2.45) is 0 Å². The third kappa shape index (κ3) is 5.71. The van der Waals surface area contributed by atoms with E-state index in [1.54, 1.807) is 30.3 Å². The number of carbonyl (C=O) groups is 6. The third-order valence-electron chi connectivity index (χ3n) is 6.72. The highest BCUT2D eigenvalue weighted by molar-refractivity contribution is 8.01. The highest BCUT2D eigenvalue weighted by Gasteiger charge is 2.54. The van der Waals surface area contributed by atoms with Gasteiger partial charge in [-0.2, -0.15) is 0 Å². The Morgan fingerprint density at radius 3 is 2.45 bits per heavy atom. The van der Waals surface area contributed by atoms with Crippen molar-refractivity contribution in [2.75, 3.05) is 24.6 Å². The molecule has 3 N–H and O–H groups in total. The van der Waals surface area contributed by atoms with E-state index in [-0.39, 0.29) is 18.8 Å². The number of thioether (sulfide) groups is 2. The summed E-state index contributed by atoms with van der Waals surface area (Å²) in [6.45, 7) is 3.04. The maximum absolute atomic E-state index is 13.5. The lowest BCUT2D eigenvalue weighted by Crippen LogP contribution is -2.71. The first-order valence-electron chi connectivity index (χ1n) is 12.6.